The summed E-state index contributed by atoms with van der Waals surface area (Å²) >= 11 is 7.63. The predicted octanol–water partition coefficient (Wildman–Crippen LogP) is 4.01. The third-order valence-electron chi connectivity index (χ3n) is 3.62. The summed E-state index contributed by atoms with van der Waals surface area (Å²) in [7, 11) is 0. The maximum Gasteiger partial charge on any atom is 0.363 e. The minimum atomic E-state index is -0.495. The van der Waals surface area contributed by atoms with Gasteiger partial charge >= 0.3 is 5.97 Å². The molecule has 120 valence electrons. The highest BCUT2D eigenvalue weighted by Gasteiger charge is 2.25. The molecule has 1 aromatic carbocycles. The number of rotatable bonds is 2. The SMILES string of the molecule is Cc1cc(C)cc(C2=N/C(=C/c3c(Cl)nc4sccn34)C(=O)O2)c1. The van der Waals surface area contributed by atoms with Gasteiger partial charge in [-0.1, -0.05) is 28.8 Å². The number of hydrogen-bond donors (Lipinski definition) is 0. The van der Waals surface area contributed by atoms with Crippen molar-refractivity contribution in [2.24, 2.45) is 4.99 Å². The summed E-state index contributed by atoms with van der Waals surface area (Å²) in [6, 6.07) is 5.92. The highest BCUT2D eigenvalue weighted by atomic mass is 35.5. The molecule has 0 bridgehead atoms. The van der Waals surface area contributed by atoms with E-state index in [1.807, 2.05) is 42.0 Å². The molecule has 0 amide bonds. The fourth-order valence-electron chi connectivity index (χ4n) is 2.67. The molecule has 24 heavy (non-hydrogen) atoms. The van der Waals surface area contributed by atoms with Crippen molar-refractivity contribution in [1.29, 1.82) is 0 Å². The summed E-state index contributed by atoms with van der Waals surface area (Å²) in [4.78, 5) is 21.5. The topological polar surface area (TPSA) is 56.0 Å². The maximum atomic E-state index is 12.2. The van der Waals surface area contributed by atoms with Gasteiger partial charge in [-0.3, -0.25) is 4.40 Å². The smallest absolute Gasteiger partial charge is 0.363 e. The van der Waals surface area contributed by atoms with Gasteiger partial charge in [0.05, 0.1) is 5.69 Å². The number of cyclic esters (lactones) is 1. The Morgan fingerprint density at radius 2 is 2.00 bits per heavy atom. The monoisotopic (exact) mass is 357 g/mol. The minimum absolute atomic E-state index is 0.207. The number of fused-ring (bicyclic) bond motifs is 1. The Hall–Kier alpha value is -2.44. The number of benzene rings is 1. The van der Waals surface area contributed by atoms with Gasteiger partial charge in [0.25, 0.3) is 0 Å². The summed E-state index contributed by atoms with van der Waals surface area (Å²) in [6.07, 6.45) is 3.45. The summed E-state index contributed by atoms with van der Waals surface area (Å²) in [5, 5.41) is 2.23. The van der Waals surface area contributed by atoms with Gasteiger partial charge in [-0.05, 0) is 32.1 Å². The molecule has 3 heterocycles. The van der Waals surface area contributed by atoms with E-state index < -0.39 is 5.97 Å². The third-order valence-corrected chi connectivity index (χ3v) is 4.65. The number of ether oxygens (including phenoxy) is 1. The van der Waals surface area contributed by atoms with Gasteiger partial charge in [0.1, 0.15) is 0 Å². The summed E-state index contributed by atoms with van der Waals surface area (Å²) in [6.45, 7) is 3.98. The summed E-state index contributed by atoms with van der Waals surface area (Å²) in [5.74, 6) is -0.189. The largest absolute Gasteiger partial charge is 0.402 e. The number of halogens is 1. The van der Waals surface area contributed by atoms with Crippen molar-refractivity contribution in [2.75, 3.05) is 0 Å². The number of carbonyl (C=O) groups is 1. The molecule has 1 aliphatic rings. The van der Waals surface area contributed by atoms with Crippen LogP contribution >= 0.6 is 22.9 Å². The maximum absolute atomic E-state index is 12.2. The molecule has 5 nitrogen and oxygen atoms in total. The molecule has 3 aromatic rings. The Morgan fingerprint density at radius 1 is 1.25 bits per heavy atom. The predicted molar refractivity (Wildman–Crippen MR) is 94.6 cm³/mol. The number of carbonyl (C=O) groups excluding carboxylic acids is 1. The Labute approximate surface area is 146 Å². The van der Waals surface area contributed by atoms with Gasteiger partial charge < -0.3 is 4.74 Å². The second-order valence-corrected chi connectivity index (χ2v) is 6.79. The molecule has 0 radical (unpaired) electrons. The lowest BCUT2D eigenvalue weighted by atomic mass is 10.1. The van der Waals surface area contributed by atoms with Crippen LogP contribution < -0.4 is 0 Å². The first-order chi connectivity index (χ1) is 11.5. The van der Waals surface area contributed by atoms with Crippen LogP contribution in [0.4, 0.5) is 0 Å². The van der Waals surface area contributed by atoms with E-state index in [4.69, 9.17) is 16.3 Å². The standard InChI is InChI=1S/C17H12ClN3O2S/c1-9-5-10(2)7-11(6-9)15-19-12(16(22)23-15)8-13-14(18)20-17-21(13)3-4-24-17/h3-8H,1-2H3/b12-8+. The molecule has 0 aliphatic carbocycles. The van der Waals surface area contributed by atoms with Gasteiger partial charge in [-0.25, -0.2) is 14.8 Å². The first kappa shape index (κ1) is 15.1. The molecule has 4 rings (SSSR count). The van der Waals surface area contributed by atoms with Crippen molar-refractivity contribution in [1.82, 2.24) is 9.38 Å². The van der Waals surface area contributed by atoms with Crippen molar-refractivity contribution in [3.05, 3.63) is 63.0 Å². The number of aliphatic imine (C=N–C) groups is 1. The molecule has 1 aliphatic heterocycles. The zero-order valence-corrected chi connectivity index (χ0v) is 14.5. The zero-order valence-electron chi connectivity index (χ0n) is 12.9. The van der Waals surface area contributed by atoms with Crippen LogP contribution in [0.5, 0.6) is 0 Å². The fraction of sp³-hybridized carbons (Fsp3) is 0.118. The molecule has 0 N–H and O–H groups in total. The van der Waals surface area contributed by atoms with Crippen LogP contribution in [0.3, 0.4) is 0 Å². The van der Waals surface area contributed by atoms with Gasteiger partial charge in [-0.15, -0.1) is 11.3 Å². The molecule has 0 fully saturated rings. The molecule has 0 atom stereocenters. The second-order valence-electron chi connectivity index (χ2n) is 5.56. The molecule has 7 heteroatoms. The summed E-state index contributed by atoms with van der Waals surface area (Å²) < 4.78 is 7.14. The lowest BCUT2D eigenvalue weighted by molar-refractivity contribution is -0.129. The Balaban J connectivity index is 1.78. The number of aryl methyl sites for hydroxylation is 2. The summed E-state index contributed by atoms with van der Waals surface area (Å²) in [5.41, 5.74) is 3.77. The zero-order chi connectivity index (χ0) is 16.8. The molecular weight excluding hydrogens is 346 g/mol. The van der Waals surface area contributed by atoms with Crippen LogP contribution in [0, 0.1) is 13.8 Å². The number of esters is 1. The molecule has 2 aromatic heterocycles. The Kier molecular flexibility index (Phi) is 3.51. The lowest BCUT2D eigenvalue weighted by Gasteiger charge is -2.03. The van der Waals surface area contributed by atoms with Crippen LogP contribution in [0.25, 0.3) is 11.0 Å². The molecule has 0 unspecified atom stereocenters. The fourth-order valence-corrected chi connectivity index (χ4v) is 3.66. The number of nitrogens with zero attached hydrogens (tertiary/aromatic N) is 3. The van der Waals surface area contributed by atoms with E-state index in [-0.39, 0.29) is 5.70 Å². The van der Waals surface area contributed by atoms with E-state index in [0.717, 1.165) is 21.7 Å². The van der Waals surface area contributed by atoms with E-state index in [1.54, 1.807) is 6.08 Å². The lowest BCUT2D eigenvalue weighted by Crippen LogP contribution is -2.06. The van der Waals surface area contributed by atoms with Crippen molar-refractivity contribution in [2.45, 2.75) is 13.8 Å². The first-order valence-corrected chi connectivity index (χ1v) is 8.49. The Morgan fingerprint density at radius 3 is 2.75 bits per heavy atom. The van der Waals surface area contributed by atoms with E-state index in [1.165, 1.54) is 11.3 Å². The first-order valence-electron chi connectivity index (χ1n) is 7.23. The number of hydrogen-bond acceptors (Lipinski definition) is 5. The van der Waals surface area contributed by atoms with Crippen molar-refractivity contribution < 1.29 is 9.53 Å². The normalized spacial score (nSPS) is 16.0. The molecule has 0 spiro atoms. The van der Waals surface area contributed by atoms with Crippen molar-refractivity contribution in [3.8, 4) is 0 Å². The highest BCUT2D eigenvalue weighted by Crippen LogP contribution is 2.26. The molecule has 0 saturated heterocycles. The van der Waals surface area contributed by atoms with Crippen LogP contribution in [0.15, 0.2) is 40.5 Å². The number of thiazole rings is 1. The van der Waals surface area contributed by atoms with E-state index in [2.05, 4.69) is 16.0 Å². The Bertz CT molecular complexity index is 1030. The second kappa shape index (κ2) is 5.58. The van der Waals surface area contributed by atoms with Gasteiger partial charge in [0.2, 0.25) is 5.90 Å². The van der Waals surface area contributed by atoms with Crippen LogP contribution in [0.2, 0.25) is 5.15 Å². The number of aromatic nitrogens is 2. The highest BCUT2D eigenvalue weighted by molar-refractivity contribution is 7.15. The van der Waals surface area contributed by atoms with Crippen molar-refractivity contribution in [3.63, 3.8) is 0 Å². The van der Waals surface area contributed by atoms with E-state index in [0.29, 0.717) is 16.7 Å². The van der Waals surface area contributed by atoms with Gasteiger partial charge in [0.15, 0.2) is 15.8 Å². The van der Waals surface area contributed by atoms with E-state index >= 15 is 0 Å². The van der Waals surface area contributed by atoms with Crippen LogP contribution in [-0.4, -0.2) is 21.3 Å². The van der Waals surface area contributed by atoms with Crippen LogP contribution in [0.1, 0.15) is 22.4 Å². The molecule has 0 saturated carbocycles. The van der Waals surface area contributed by atoms with Crippen molar-refractivity contribution >= 4 is 45.8 Å². The average molecular weight is 358 g/mol. The average Bonchev–Trinajstić information content (AvgIpc) is 3.16. The van der Waals surface area contributed by atoms with E-state index in [9.17, 15) is 4.79 Å². The minimum Gasteiger partial charge on any atom is -0.402 e. The number of imidazole rings is 1. The molecular formula is C17H12ClN3O2S. The van der Waals surface area contributed by atoms with Crippen LogP contribution in [-0.2, 0) is 9.53 Å². The third kappa shape index (κ3) is 2.53. The van der Waals surface area contributed by atoms with Gasteiger partial charge in [-0.2, -0.15) is 0 Å². The quantitative estimate of drug-likeness (QED) is 0.514. The van der Waals surface area contributed by atoms with Gasteiger partial charge in [0, 0.05) is 17.1 Å².